The highest BCUT2D eigenvalue weighted by Crippen LogP contribution is 2.27. The van der Waals surface area contributed by atoms with E-state index in [9.17, 15) is 26.8 Å². The van der Waals surface area contributed by atoms with Crippen LogP contribution in [0.4, 0.5) is 25.0 Å². The van der Waals surface area contributed by atoms with E-state index in [0.717, 1.165) is 42.8 Å². The molecule has 46 heavy (non-hydrogen) atoms. The van der Waals surface area contributed by atoms with Gasteiger partial charge in [0.25, 0.3) is 5.91 Å². The number of unbranched alkanes of at least 4 members (excludes halogenated alkanes) is 1. The van der Waals surface area contributed by atoms with Gasteiger partial charge in [-0.2, -0.15) is 0 Å². The summed E-state index contributed by atoms with van der Waals surface area (Å²) in [6.45, 7) is 5.41. The molecular weight excluding hydrogens is 642 g/mol. The SMILES string of the molecule is CCCCC1CC(NC(=O)Nc2cc(C(N)=O)c(F)cc2F)CCN1Cc1ccc(Oc2ccc(NS(C)(=O)=O)cc2)nc1C.Cl. The molecule has 250 valence electrons. The Hall–Kier alpha value is -4.01. The molecular formula is C31H39ClF2N6O5S. The van der Waals surface area contributed by atoms with Crippen LogP contribution in [-0.2, 0) is 16.6 Å². The molecule has 11 nitrogen and oxygen atoms in total. The van der Waals surface area contributed by atoms with Crippen LogP contribution in [0.5, 0.6) is 11.6 Å². The molecule has 1 aliphatic heterocycles. The number of piperidine rings is 1. The zero-order chi connectivity index (χ0) is 32.7. The number of carbonyl (C=O) groups excluding carboxylic acids is 2. The molecule has 0 spiro atoms. The van der Waals surface area contributed by atoms with Crippen LogP contribution in [0.3, 0.4) is 0 Å². The minimum absolute atomic E-state index is 0. The van der Waals surface area contributed by atoms with E-state index in [1.807, 2.05) is 13.0 Å². The molecule has 0 bridgehead atoms. The lowest BCUT2D eigenvalue weighted by atomic mass is 9.92. The molecule has 1 fully saturated rings. The van der Waals surface area contributed by atoms with Gasteiger partial charge in [-0.25, -0.2) is 27.0 Å². The fraction of sp³-hybridized carbons (Fsp3) is 0.387. The molecule has 2 heterocycles. The van der Waals surface area contributed by atoms with Crippen molar-refractivity contribution in [1.29, 1.82) is 0 Å². The molecule has 0 radical (unpaired) electrons. The topological polar surface area (TPSA) is 156 Å². The Morgan fingerprint density at radius 3 is 2.46 bits per heavy atom. The van der Waals surface area contributed by atoms with Crippen molar-refractivity contribution in [2.75, 3.05) is 22.8 Å². The second kappa shape index (κ2) is 16.0. The third kappa shape index (κ3) is 10.3. The maximum atomic E-state index is 14.2. The van der Waals surface area contributed by atoms with Crippen molar-refractivity contribution in [2.24, 2.45) is 5.73 Å². The number of benzene rings is 2. The molecule has 0 saturated carbocycles. The second-order valence-corrected chi connectivity index (χ2v) is 12.9. The quantitative estimate of drug-likeness (QED) is 0.191. The van der Waals surface area contributed by atoms with Gasteiger partial charge >= 0.3 is 6.03 Å². The number of pyridine rings is 1. The van der Waals surface area contributed by atoms with E-state index in [1.54, 1.807) is 30.3 Å². The Bertz CT molecular complexity index is 1650. The highest BCUT2D eigenvalue weighted by molar-refractivity contribution is 7.92. The number of hydrogen-bond acceptors (Lipinski definition) is 7. The van der Waals surface area contributed by atoms with Crippen LogP contribution in [0.2, 0.25) is 0 Å². The van der Waals surface area contributed by atoms with Crippen molar-refractivity contribution < 1.29 is 31.5 Å². The van der Waals surface area contributed by atoms with Crippen molar-refractivity contribution in [3.63, 3.8) is 0 Å². The van der Waals surface area contributed by atoms with E-state index in [4.69, 9.17) is 10.5 Å². The lowest BCUT2D eigenvalue weighted by Gasteiger charge is -2.40. The van der Waals surface area contributed by atoms with Gasteiger partial charge < -0.3 is 21.1 Å². The summed E-state index contributed by atoms with van der Waals surface area (Å²) in [5.74, 6) is -2.24. The summed E-state index contributed by atoms with van der Waals surface area (Å²) in [5, 5.41) is 5.26. The molecule has 1 aliphatic rings. The van der Waals surface area contributed by atoms with Gasteiger partial charge in [-0.1, -0.05) is 25.8 Å². The van der Waals surface area contributed by atoms with Gasteiger partial charge in [-0.15, -0.1) is 12.4 Å². The Morgan fingerprint density at radius 2 is 1.83 bits per heavy atom. The average Bonchev–Trinajstić information content (AvgIpc) is 2.96. The molecule has 15 heteroatoms. The molecule has 0 aliphatic carbocycles. The molecule has 3 amide bonds. The maximum absolute atomic E-state index is 14.2. The van der Waals surface area contributed by atoms with Gasteiger partial charge in [0.1, 0.15) is 17.4 Å². The van der Waals surface area contributed by atoms with Gasteiger partial charge in [0.15, 0.2) is 0 Å². The van der Waals surface area contributed by atoms with Crippen molar-refractivity contribution in [3.05, 3.63) is 77.0 Å². The van der Waals surface area contributed by atoms with Crippen LogP contribution >= 0.6 is 12.4 Å². The van der Waals surface area contributed by atoms with E-state index >= 15 is 0 Å². The van der Waals surface area contributed by atoms with Crippen LogP contribution in [-0.4, -0.2) is 55.1 Å². The van der Waals surface area contributed by atoms with Gasteiger partial charge in [0.2, 0.25) is 15.9 Å². The van der Waals surface area contributed by atoms with Crippen LogP contribution < -0.4 is 25.8 Å². The van der Waals surface area contributed by atoms with Gasteiger partial charge in [-0.3, -0.25) is 14.4 Å². The molecule has 1 saturated heterocycles. The van der Waals surface area contributed by atoms with Gasteiger partial charge in [0, 0.05) is 48.7 Å². The highest BCUT2D eigenvalue weighted by Gasteiger charge is 2.30. The number of likely N-dealkylation sites (tertiary alicyclic amines) is 1. The summed E-state index contributed by atoms with van der Waals surface area (Å²) in [7, 11) is -3.37. The first-order chi connectivity index (χ1) is 21.3. The molecule has 3 aromatic rings. The molecule has 2 unspecified atom stereocenters. The number of ether oxygens (including phenoxy) is 1. The number of aryl methyl sites for hydroxylation is 1. The normalized spacial score (nSPS) is 16.6. The Labute approximate surface area is 273 Å². The fourth-order valence-corrected chi connectivity index (χ4v) is 5.86. The minimum Gasteiger partial charge on any atom is -0.439 e. The highest BCUT2D eigenvalue weighted by atomic mass is 35.5. The van der Waals surface area contributed by atoms with Crippen LogP contribution in [0.15, 0.2) is 48.5 Å². The summed E-state index contributed by atoms with van der Waals surface area (Å²) < 4.78 is 59.2. The first-order valence-corrected chi connectivity index (χ1v) is 16.5. The number of nitrogens with one attached hydrogen (secondary N) is 3. The number of primary amides is 1. The lowest BCUT2D eigenvalue weighted by Crippen LogP contribution is -2.50. The zero-order valence-corrected chi connectivity index (χ0v) is 27.4. The minimum atomic E-state index is -3.37. The number of aromatic nitrogens is 1. The van der Waals surface area contributed by atoms with E-state index in [1.165, 1.54) is 0 Å². The average molecular weight is 681 g/mol. The molecule has 2 aromatic carbocycles. The number of anilines is 2. The summed E-state index contributed by atoms with van der Waals surface area (Å²) in [4.78, 5) is 31.1. The Morgan fingerprint density at radius 1 is 1.11 bits per heavy atom. The monoisotopic (exact) mass is 680 g/mol. The number of carbonyl (C=O) groups is 2. The largest absolute Gasteiger partial charge is 0.439 e. The van der Waals surface area contributed by atoms with Crippen LogP contribution in [0.1, 0.15) is 60.6 Å². The number of nitrogens with two attached hydrogens (primary N) is 1. The number of hydrogen-bond donors (Lipinski definition) is 4. The molecule has 4 rings (SSSR count). The Balaban J connectivity index is 0.00000576. The van der Waals surface area contributed by atoms with E-state index in [-0.39, 0.29) is 30.2 Å². The molecule has 1 aromatic heterocycles. The van der Waals surface area contributed by atoms with Crippen LogP contribution in [0.25, 0.3) is 0 Å². The first kappa shape index (κ1) is 36.5. The number of amides is 3. The zero-order valence-electron chi connectivity index (χ0n) is 25.8. The number of rotatable bonds is 12. The van der Waals surface area contributed by atoms with Crippen molar-refractivity contribution >= 4 is 45.7 Å². The summed E-state index contributed by atoms with van der Waals surface area (Å²) in [5.41, 5.74) is 6.58. The van der Waals surface area contributed by atoms with E-state index < -0.39 is 39.2 Å². The van der Waals surface area contributed by atoms with Crippen molar-refractivity contribution in [1.82, 2.24) is 15.2 Å². The molecule has 5 N–H and O–H groups in total. The Kier molecular flexibility index (Phi) is 12.7. The first-order valence-electron chi connectivity index (χ1n) is 14.6. The lowest BCUT2D eigenvalue weighted by molar-refractivity contribution is 0.0996. The smallest absolute Gasteiger partial charge is 0.319 e. The fourth-order valence-electron chi connectivity index (χ4n) is 5.29. The van der Waals surface area contributed by atoms with E-state index in [0.29, 0.717) is 49.3 Å². The number of urea groups is 1. The van der Waals surface area contributed by atoms with Gasteiger partial charge in [0.05, 0.1) is 17.5 Å². The number of nitrogens with zero attached hydrogens (tertiary/aromatic N) is 2. The second-order valence-electron chi connectivity index (χ2n) is 11.2. The maximum Gasteiger partial charge on any atom is 0.319 e. The third-order valence-electron chi connectivity index (χ3n) is 7.56. The predicted octanol–water partition coefficient (Wildman–Crippen LogP) is 5.70. The summed E-state index contributed by atoms with van der Waals surface area (Å²) in [6, 6.07) is 11.1. The summed E-state index contributed by atoms with van der Waals surface area (Å²) >= 11 is 0. The molecule has 2 atom stereocenters. The third-order valence-corrected chi connectivity index (χ3v) is 8.16. The standard InChI is InChI=1S/C31H38F2N6O5S.ClH/c1-4-5-6-23-15-22(36-31(41)37-28-16-25(30(34)40)26(32)17-27(28)33)13-14-39(23)18-20-7-12-29(35-19(20)2)44-24-10-8-21(9-11-24)38-45(3,42)43;/h7-12,16-17,22-23,38H,4-6,13-15,18H2,1-3H3,(H2,34,40)(H2,36,37,41);1H. The number of sulfonamides is 1. The van der Waals surface area contributed by atoms with Crippen molar-refractivity contribution in [2.45, 2.75) is 64.6 Å². The van der Waals surface area contributed by atoms with Crippen LogP contribution in [0, 0.1) is 18.6 Å². The number of halogens is 3. The predicted molar refractivity (Wildman–Crippen MR) is 175 cm³/mol. The summed E-state index contributed by atoms with van der Waals surface area (Å²) in [6.07, 6.45) is 5.39. The van der Waals surface area contributed by atoms with E-state index in [2.05, 4.69) is 32.2 Å². The van der Waals surface area contributed by atoms with Crippen molar-refractivity contribution in [3.8, 4) is 11.6 Å². The van der Waals surface area contributed by atoms with Gasteiger partial charge in [-0.05, 0) is 62.1 Å².